The molecule has 0 saturated heterocycles. The van der Waals surface area contributed by atoms with Gasteiger partial charge in [0.15, 0.2) is 5.65 Å². The Bertz CT molecular complexity index is 1220. The molecule has 7 nitrogen and oxygen atoms in total. The van der Waals surface area contributed by atoms with Gasteiger partial charge in [0.05, 0.1) is 21.3 Å². The van der Waals surface area contributed by atoms with E-state index in [2.05, 4.69) is 31.3 Å². The molecule has 0 bridgehead atoms. The number of rotatable bonds is 4. The monoisotopic (exact) mass is 443 g/mol. The number of halogens is 1. The van der Waals surface area contributed by atoms with E-state index in [1.807, 2.05) is 36.4 Å². The van der Waals surface area contributed by atoms with Crippen LogP contribution in [0.5, 0.6) is 0 Å². The van der Waals surface area contributed by atoms with Gasteiger partial charge >= 0.3 is 0 Å². The lowest BCUT2D eigenvalue weighted by molar-refractivity contribution is 0.598. The van der Waals surface area contributed by atoms with E-state index in [9.17, 15) is 8.42 Å². The molecule has 9 heteroatoms. The largest absolute Gasteiger partial charge is 0.340 e. The second-order valence-electron chi connectivity index (χ2n) is 5.81. The molecule has 0 saturated carbocycles. The topological polar surface area (TPSA) is 102 Å². The van der Waals surface area contributed by atoms with Gasteiger partial charge in [-0.3, -0.25) is 0 Å². The first kappa shape index (κ1) is 17.7. The zero-order chi connectivity index (χ0) is 19.0. The number of hydrogen-bond acceptors (Lipinski definition) is 5. The summed E-state index contributed by atoms with van der Waals surface area (Å²) < 4.78 is 25.3. The normalized spacial score (nSPS) is 11.6. The van der Waals surface area contributed by atoms with Crippen molar-refractivity contribution in [3.63, 3.8) is 0 Å². The molecule has 0 aliphatic rings. The highest BCUT2D eigenvalue weighted by molar-refractivity contribution is 9.10. The number of hydrogen-bond donors (Lipinski definition) is 2. The Hall–Kier alpha value is -2.75. The Balaban J connectivity index is 1.79. The van der Waals surface area contributed by atoms with Gasteiger partial charge in [0.1, 0.15) is 5.82 Å². The van der Waals surface area contributed by atoms with E-state index in [1.165, 1.54) is 12.1 Å². The van der Waals surface area contributed by atoms with Crippen LogP contribution in [0.25, 0.3) is 16.9 Å². The molecule has 4 aromatic rings. The fraction of sp³-hybridized carbons (Fsp3) is 0. The molecule has 0 radical (unpaired) electrons. The first-order chi connectivity index (χ1) is 12.9. The summed E-state index contributed by atoms with van der Waals surface area (Å²) in [6, 6.07) is 17.9. The van der Waals surface area contributed by atoms with E-state index in [0.29, 0.717) is 17.2 Å². The number of primary sulfonamides is 1. The molecule has 0 amide bonds. The molecule has 4 rings (SSSR count). The second-order valence-corrected chi connectivity index (χ2v) is 8.23. The SMILES string of the molecule is NS(=O)(=O)c1ccc(Nc2cc(-c3ccccc3)nc3c(Br)cnn23)cc1. The fourth-order valence-corrected chi connectivity index (χ4v) is 3.52. The molecule has 136 valence electrons. The van der Waals surface area contributed by atoms with Crippen molar-refractivity contribution in [3.8, 4) is 11.3 Å². The molecule has 0 atom stereocenters. The number of anilines is 2. The van der Waals surface area contributed by atoms with Crippen LogP contribution >= 0.6 is 15.9 Å². The molecular formula is C18H14BrN5O2S. The lowest BCUT2D eigenvalue weighted by atomic mass is 10.1. The van der Waals surface area contributed by atoms with Gasteiger partial charge in [0.25, 0.3) is 0 Å². The minimum Gasteiger partial charge on any atom is -0.340 e. The summed E-state index contributed by atoms with van der Waals surface area (Å²) >= 11 is 3.47. The predicted molar refractivity (Wildman–Crippen MR) is 107 cm³/mol. The highest BCUT2D eigenvalue weighted by atomic mass is 79.9. The maximum absolute atomic E-state index is 11.4. The van der Waals surface area contributed by atoms with E-state index in [4.69, 9.17) is 5.14 Å². The number of nitrogens with two attached hydrogens (primary N) is 1. The Kier molecular flexibility index (Phi) is 4.42. The van der Waals surface area contributed by atoms with E-state index in [0.717, 1.165) is 15.7 Å². The summed E-state index contributed by atoms with van der Waals surface area (Å²) in [5.41, 5.74) is 3.12. The summed E-state index contributed by atoms with van der Waals surface area (Å²) in [5, 5.41) is 12.7. The van der Waals surface area contributed by atoms with E-state index < -0.39 is 10.0 Å². The second kappa shape index (κ2) is 6.76. The third kappa shape index (κ3) is 3.57. The van der Waals surface area contributed by atoms with Crippen molar-refractivity contribution >= 4 is 43.1 Å². The molecule has 0 aliphatic carbocycles. The fourth-order valence-electron chi connectivity index (χ4n) is 2.66. The zero-order valence-electron chi connectivity index (χ0n) is 13.9. The van der Waals surface area contributed by atoms with E-state index >= 15 is 0 Å². The minimum atomic E-state index is -3.73. The van der Waals surface area contributed by atoms with Gasteiger partial charge in [-0.25, -0.2) is 18.5 Å². The van der Waals surface area contributed by atoms with Crippen LogP contribution in [0.1, 0.15) is 0 Å². The molecule has 2 aromatic heterocycles. The van der Waals surface area contributed by atoms with Crippen molar-refractivity contribution in [2.24, 2.45) is 5.14 Å². The number of benzene rings is 2. The average molecular weight is 444 g/mol. The van der Waals surface area contributed by atoms with Gasteiger partial charge in [0.2, 0.25) is 10.0 Å². The van der Waals surface area contributed by atoms with Crippen LogP contribution in [0.3, 0.4) is 0 Å². The van der Waals surface area contributed by atoms with Gasteiger partial charge in [-0.15, -0.1) is 0 Å². The van der Waals surface area contributed by atoms with Crippen molar-refractivity contribution in [2.45, 2.75) is 4.90 Å². The molecular weight excluding hydrogens is 430 g/mol. The van der Waals surface area contributed by atoms with Crippen LogP contribution < -0.4 is 10.5 Å². The highest BCUT2D eigenvalue weighted by Crippen LogP contribution is 2.27. The molecule has 2 heterocycles. The van der Waals surface area contributed by atoms with Crippen LogP contribution in [0, 0.1) is 0 Å². The molecule has 0 fully saturated rings. The summed E-state index contributed by atoms with van der Waals surface area (Å²) in [5.74, 6) is 0.688. The summed E-state index contributed by atoms with van der Waals surface area (Å²) in [6.45, 7) is 0. The molecule has 0 spiro atoms. The van der Waals surface area contributed by atoms with Gasteiger partial charge in [-0.1, -0.05) is 30.3 Å². The first-order valence-electron chi connectivity index (χ1n) is 7.91. The van der Waals surface area contributed by atoms with E-state index in [1.54, 1.807) is 22.8 Å². The van der Waals surface area contributed by atoms with Crippen molar-refractivity contribution in [1.82, 2.24) is 14.6 Å². The molecule has 3 N–H and O–H groups in total. The maximum atomic E-state index is 11.4. The minimum absolute atomic E-state index is 0.0553. The lowest BCUT2D eigenvalue weighted by Crippen LogP contribution is -2.11. The van der Waals surface area contributed by atoms with Crippen LogP contribution in [0.15, 0.2) is 76.2 Å². The third-order valence-electron chi connectivity index (χ3n) is 3.95. The van der Waals surface area contributed by atoms with Gasteiger partial charge in [-0.05, 0) is 40.2 Å². The van der Waals surface area contributed by atoms with Gasteiger partial charge in [-0.2, -0.15) is 9.61 Å². The maximum Gasteiger partial charge on any atom is 0.238 e. The van der Waals surface area contributed by atoms with Crippen molar-refractivity contribution in [1.29, 1.82) is 0 Å². The summed E-state index contributed by atoms with van der Waals surface area (Å²) in [6.07, 6.45) is 1.67. The first-order valence-corrected chi connectivity index (χ1v) is 10.3. The average Bonchev–Trinajstić information content (AvgIpc) is 3.03. The van der Waals surface area contributed by atoms with Crippen LogP contribution in [0.2, 0.25) is 0 Å². The van der Waals surface area contributed by atoms with Crippen LogP contribution in [0.4, 0.5) is 11.5 Å². The molecule has 2 aromatic carbocycles. The Morgan fingerprint density at radius 1 is 1.04 bits per heavy atom. The Labute approximate surface area is 164 Å². The van der Waals surface area contributed by atoms with Gasteiger partial charge < -0.3 is 5.32 Å². The molecule has 0 aliphatic heterocycles. The number of nitrogens with zero attached hydrogens (tertiary/aromatic N) is 3. The van der Waals surface area contributed by atoms with E-state index in [-0.39, 0.29) is 4.90 Å². The van der Waals surface area contributed by atoms with Gasteiger partial charge in [0, 0.05) is 17.3 Å². The van der Waals surface area contributed by atoms with Crippen LogP contribution in [-0.4, -0.2) is 23.0 Å². The zero-order valence-corrected chi connectivity index (χ0v) is 16.3. The Morgan fingerprint density at radius 2 is 1.74 bits per heavy atom. The smallest absolute Gasteiger partial charge is 0.238 e. The Morgan fingerprint density at radius 3 is 2.41 bits per heavy atom. The highest BCUT2D eigenvalue weighted by Gasteiger charge is 2.12. The number of nitrogens with one attached hydrogen (secondary N) is 1. The van der Waals surface area contributed by atoms with Crippen molar-refractivity contribution < 1.29 is 8.42 Å². The lowest BCUT2D eigenvalue weighted by Gasteiger charge is -2.11. The summed E-state index contributed by atoms with van der Waals surface area (Å²) in [4.78, 5) is 4.73. The number of sulfonamides is 1. The number of aromatic nitrogens is 3. The molecule has 27 heavy (non-hydrogen) atoms. The number of fused-ring (bicyclic) bond motifs is 1. The standard InChI is InChI=1S/C18H14BrN5O2S/c19-15-11-21-24-17(22-13-6-8-14(9-7-13)27(20,25)26)10-16(23-18(15)24)12-4-2-1-3-5-12/h1-11,22H,(H2,20,25,26). The van der Waals surface area contributed by atoms with Crippen molar-refractivity contribution in [2.75, 3.05) is 5.32 Å². The van der Waals surface area contributed by atoms with Crippen molar-refractivity contribution in [3.05, 3.63) is 71.3 Å². The molecule has 0 unspecified atom stereocenters. The summed E-state index contributed by atoms with van der Waals surface area (Å²) in [7, 11) is -3.73. The van der Waals surface area contributed by atoms with Crippen LogP contribution in [-0.2, 0) is 10.0 Å². The third-order valence-corrected chi connectivity index (χ3v) is 5.44. The predicted octanol–water partition coefficient (Wildman–Crippen LogP) is 3.55. The quantitative estimate of drug-likeness (QED) is 0.501.